The number of alkyl halides is 1. The van der Waals surface area contributed by atoms with Gasteiger partial charge in [0, 0.05) is 98.3 Å². The number of benzene rings is 2. The Hall–Kier alpha value is -5.22. The molecule has 1 atom stereocenters. The van der Waals surface area contributed by atoms with E-state index in [0.717, 1.165) is 92.3 Å². The van der Waals surface area contributed by atoms with Crippen molar-refractivity contribution in [2.75, 3.05) is 75.2 Å². The lowest BCUT2D eigenvalue weighted by Gasteiger charge is -2.43. The molecule has 10 rings (SSSR count). The first-order valence-corrected chi connectivity index (χ1v) is 21.6. The van der Waals surface area contributed by atoms with Gasteiger partial charge in [-0.1, -0.05) is 0 Å². The van der Waals surface area contributed by atoms with Gasteiger partial charge in [0.15, 0.2) is 0 Å². The van der Waals surface area contributed by atoms with Crippen molar-refractivity contribution < 1.29 is 30.8 Å². The number of H-pyrrole nitrogens is 1. The molecule has 7 heterocycles. The number of piperidine rings is 3. The van der Waals surface area contributed by atoms with Crippen LogP contribution in [0.25, 0.3) is 22.3 Å². The molecular weight excluding hydrogens is 771 g/mol. The number of carbonyl (C=O) groups excluding carboxylic acids is 3. The molecule has 14 nitrogen and oxygen atoms in total. The number of imide groups is 1. The fraction of sp³-hybridized carbons (Fsp3) is 0.545. The Morgan fingerprint density at radius 2 is 1.67 bits per heavy atom. The number of aromatic amines is 1. The number of likely N-dealkylation sites (tertiary alicyclic amines) is 1. The van der Waals surface area contributed by atoms with E-state index in [0.29, 0.717) is 62.7 Å². The number of amides is 3. The minimum absolute atomic E-state index is 0. The van der Waals surface area contributed by atoms with E-state index in [-0.39, 0.29) is 39.3 Å². The van der Waals surface area contributed by atoms with Crippen LogP contribution in [-0.4, -0.2) is 135 Å². The first-order chi connectivity index (χ1) is 29.0. The van der Waals surface area contributed by atoms with Crippen molar-refractivity contribution in [1.82, 2.24) is 40.2 Å². The van der Waals surface area contributed by atoms with Crippen LogP contribution >= 0.6 is 0 Å². The number of anilines is 2. The van der Waals surface area contributed by atoms with Gasteiger partial charge >= 0.3 is 0 Å². The molecule has 16 heteroatoms. The molecule has 2 aromatic carbocycles. The van der Waals surface area contributed by atoms with E-state index in [1.807, 2.05) is 23.1 Å². The number of hydrogen-bond acceptors (Lipinski definition) is 11. The van der Waals surface area contributed by atoms with Crippen LogP contribution in [0.1, 0.15) is 77.1 Å². The van der Waals surface area contributed by atoms with Crippen molar-refractivity contribution in [3.05, 3.63) is 59.7 Å². The number of fused-ring (bicyclic) bond motifs is 2. The average molecular weight is 827 g/mol. The molecule has 2 aromatic heterocycles. The van der Waals surface area contributed by atoms with Crippen LogP contribution in [0, 0.1) is 11.7 Å². The molecule has 0 bridgehead atoms. The molecule has 5 aliphatic heterocycles. The lowest BCUT2D eigenvalue weighted by Crippen LogP contribution is -2.54. The van der Waals surface area contributed by atoms with Gasteiger partial charge in [-0.2, -0.15) is 5.10 Å². The van der Waals surface area contributed by atoms with Gasteiger partial charge in [-0.05, 0) is 93.7 Å². The number of piperazine rings is 1. The van der Waals surface area contributed by atoms with Gasteiger partial charge in [0.05, 0.1) is 16.9 Å². The highest BCUT2D eigenvalue weighted by Gasteiger charge is 2.42. The second kappa shape index (κ2) is 15.4. The van der Waals surface area contributed by atoms with E-state index in [1.54, 1.807) is 12.4 Å². The smallest absolute Gasteiger partial charge is 0.255 e. The summed E-state index contributed by atoms with van der Waals surface area (Å²) in [4.78, 5) is 56.8. The predicted octanol–water partition coefficient (Wildman–Crippen LogP) is 5.19. The van der Waals surface area contributed by atoms with E-state index in [2.05, 4.69) is 53.2 Å². The van der Waals surface area contributed by atoms with E-state index in [1.165, 1.54) is 11.0 Å². The van der Waals surface area contributed by atoms with Gasteiger partial charge in [0.2, 0.25) is 11.8 Å². The molecule has 3 amide bonds. The topological polar surface area (TPSA) is 143 Å². The molecule has 0 radical (unpaired) electrons. The minimum atomic E-state index is -1.25. The van der Waals surface area contributed by atoms with E-state index in [4.69, 9.17) is 4.74 Å². The van der Waals surface area contributed by atoms with Crippen LogP contribution in [-0.2, 0) is 16.1 Å². The maximum atomic E-state index is 16.3. The second-order valence-electron chi connectivity index (χ2n) is 18.1. The molecule has 6 aliphatic rings. The van der Waals surface area contributed by atoms with Crippen LogP contribution in [0.2, 0.25) is 0 Å². The Bertz CT molecular complexity index is 2320. The van der Waals surface area contributed by atoms with E-state index >= 15 is 8.78 Å². The van der Waals surface area contributed by atoms with E-state index in [9.17, 15) is 14.4 Å². The summed E-state index contributed by atoms with van der Waals surface area (Å²) in [6, 6.07) is 10.3. The lowest BCUT2D eigenvalue weighted by molar-refractivity contribution is -0.136. The fourth-order valence-electron chi connectivity index (χ4n) is 9.83. The summed E-state index contributed by atoms with van der Waals surface area (Å²) in [5.74, 6) is 0.583. The summed E-state index contributed by atoms with van der Waals surface area (Å²) >= 11 is 0. The van der Waals surface area contributed by atoms with Gasteiger partial charge in [-0.15, -0.1) is 0 Å². The fourth-order valence-corrected chi connectivity index (χ4v) is 9.83. The van der Waals surface area contributed by atoms with E-state index < -0.39 is 29.3 Å². The monoisotopic (exact) mass is 826 g/mol. The van der Waals surface area contributed by atoms with Crippen molar-refractivity contribution in [3.63, 3.8) is 0 Å². The molecule has 2 N–H and O–H groups in total. The van der Waals surface area contributed by atoms with Crippen LogP contribution in [0.4, 0.5) is 20.3 Å². The van der Waals surface area contributed by atoms with Gasteiger partial charge in [-0.25, -0.2) is 18.7 Å². The summed E-state index contributed by atoms with van der Waals surface area (Å²) in [5.41, 5.74) is 2.55. The average Bonchev–Trinajstić information content (AvgIpc) is 3.68. The Balaban J connectivity index is 0.00000264. The third-order valence-corrected chi connectivity index (χ3v) is 13.8. The molecular formula is C44H56F2N10O4. The van der Waals surface area contributed by atoms with Gasteiger partial charge in [-0.3, -0.25) is 29.7 Å². The summed E-state index contributed by atoms with van der Waals surface area (Å²) in [5, 5.41) is 11.0. The first-order valence-electron chi connectivity index (χ1n) is 21.6. The third-order valence-electron chi connectivity index (χ3n) is 13.8. The summed E-state index contributed by atoms with van der Waals surface area (Å²) in [7, 11) is 0. The summed E-state index contributed by atoms with van der Waals surface area (Å²) in [6.07, 6.45) is 7.28. The zero-order valence-electron chi connectivity index (χ0n) is 34.1. The summed E-state index contributed by atoms with van der Waals surface area (Å²) < 4.78 is 38.0. The van der Waals surface area contributed by atoms with Crippen LogP contribution in [0.5, 0.6) is 5.75 Å². The number of halogens is 2. The van der Waals surface area contributed by atoms with Gasteiger partial charge in [0.1, 0.15) is 46.7 Å². The van der Waals surface area contributed by atoms with Gasteiger partial charge < -0.3 is 24.3 Å². The quantitative estimate of drug-likeness (QED) is 0.204. The molecule has 5 fully saturated rings. The number of rotatable bonds is 10. The highest BCUT2D eigenvalue weighted by Crippen LogP contribution is 2.41. The Morgan fingerprint density at radius 3 is 2.42 bits per heavy atom. The molecule has 60 heavy (non-hydrogen) atoms. The third kappa shape index (κ3) is 7.79. The van der Waals surface area contributed by atoms with Crippen molar-refractivity contribution in [1.29, 1.82) is 0 Å². The molecule has 1 aliphatic carbocycles. The normalized spacial score (nSPS) is 23.6. The minimum Gasteiger partial charge on any atom is -0.488 e. The number of aromatic nitrogens is 4. The van der Waals surface area contributed by atoms with Crippen LogP contribution in [0.3, 0.4) is 0 Å². The number of carbonyl (C=O) groups is 3. The molecule has 320 valence electrons. The molecule has 0 spiro atoms. The molecule has 1 saturated carbocycles. The first kappa shape index (κ1) is 38.9. The molecule has 4 saturated heterocycles. The Kier molecular flexibility index (Phi) is 9.97. The summed E-state index contributed by atoms with van der Waals surface area (Å²) in [6.45, 7) is 9.31. The van der Waals surface area contributed by atoms with Crippen molar-refractivity contribution in [2.24, 2.45) is 5.92 Å². The highest BCUT2D eigenvalue weighted by molar-refractivity contribution is 6.05. The number of nitrogens with one attached hydrogen (secondary N) is 2. The number of ether oxygens (including phenoxy) is 1. The van der Waals surface area contributed by atoms with Gasteiger partial charge in [0.25, 0.3) is 5.91 Å². The maximum Gasteiger partial charge on any atom is 0.255 e. The SMILES string of the molecule is CC1(Oc2ccc3[nH]nc(-c4cc(N5CCC(CN6CCC(F)(CN7CCN(c8cc9c(cc8F)C(=O)N(C8CCC(=O)NC8=O)C9)CC7)CC6)CC5)ncn4)c3c2)CC1.[HH].[HH]. The standard InChI is InChI=1S/C44H52F2N10O4.2H2/c1-43(8-9-43)60-30-2-3-34-32(21-30)40(51-50-34)35-23-38(48-27-47-35)55-12-6-28(7-13-55)24-52-14-10-44(46,11-15-52)26-53-16-18-54(19-17-53)37-20-29-25-56(42(59)31(29)22-33(37)45)36-4-5-39(57)49-41(36)58;;/h2-3,20-23,27-28,36H,4-19,24-26H2,1H3,(H,50,51)(H,49,57,58);2*1H. The maximum absolute atomic E-state index is 16.3. The zero-order valence-corrected chi connectivity index (χ0v) is 34.1. The second-order valence-corrected chi connectivity index (χ2v) is 18.1. The Morgan fingerprint density at radius 1 is 0.883 bits per heavy atom. The lowest BCUT2D eigenvalue weighted by atomic mass is 9.90. The highest BCUT2D eigenvalue weighted by atomic mass is 19.1. The predicted molar refractivity (Wildman–Crippen MR) is 225 cm³/mol. The Labute approximate surface area is 350 Å². The molecule has 4 aromatic rings. The number of hydrogen-bond donors (Lipinski definition) is 2. The molecule has 1 unspecified atom stereocenters. The van der Waals surface area contributed by atoms with Crippen molar-refractivity contribution >= 4 is 40.1 Å². The number of nitrogens with zero attached hydrogens (tertiary/aromatic N) is 8. The largest absolute Gasteiger partial charge is 0.488 e. The van der Waals surface area contributed by atoms with Crippen molar-refractivity contribution in [3.8, 4) is 17.1 Å². The van der Waals surface area contributed by atoms with Crippen LogP contribution in [0.15, 0.2) is 42.7 Å². The zero-order chi connectivity index (χ0) is 41.2. The van der Waals surface area contributed by atoms with Crippen LogP contribution < -0.4 is 19.9 Å². The van der Waals surface area contributed by atoms with Crippen molar-refractivity contribution in [2.45, 2.75) is 82.1 Å².